The van der Waals surface area contributed by atoms with Crippen molar-refractivity contribution in [3.05, 3.63) is 29.8 Å². The molecule has 0 radical (unpaired) electrons. The summed E-state index contributed by atoms with van der Waals surface area (Å²) in [5, 5.41) is 5.72. The Morgan fingerprint density at radius 3 is 2.72 bits per heavy atom. The summed E-state index contributed by atoms with van der Waals surface area (Å²) in [5.41, 5.74) is 2.09. The first kappa shape index (κ1) is 17.7. The van der Waals surface area contributed by atoms with Gasteiger partial charge in [-0.15, -0.1) is 0 Å². The minimum absolute atomic E-state index is 0.0769. The van der Waals surface area contributed by atoms with Crippen molar-refractivity contribution in [2.75, 3.05) is 37.7 Å². The van der Waals surface area contributed by atoms with Crippen LogP contribution in [0.3, 0.4) is 0 Å². The number of nitrogens with zero attached hydrogens (tertiary/aromatic N) is 1. The topological polar surface area (TPSA) is 70.7 Å². The molecule has 136 valence electrons. The lowest BCUT2D eigenvalue weighted by molar-refractivity contribution is -0.128. The van der Waals surface area contributed by atoms with Crippen LogP contribution in [0.15, 0.2) is 24.3 Å². The van der Waals surface area contributed by atoms with Crippen molar-refractivity contribution < 1.29 is 14.3 Å². The number of para-hydroxylation sites is 1. The fourth-order valence-corrected chi connectivity index (χ4v) is 3.45. The molecule has 0 bridgehead atoms. The van der Waals surface area contributed by atoms with Gasteiger partial charge in [0.1, 0.15) is 6.04 Å². The summed E-state index contributed by atoms with van der Waals surface area (Å²) in [6.07, 6.45) is 1.04. The average Bonchev–Trinajstić information content (AvgIpc) is 2.88. The van der Waals surface area contributed by atoms with Crippen LogP contribution in [-0.2, 0) is 20.7 Å². The van der Waals surface area contributed by atoms with Gasteiger partial charge in [-0.2, -0.15) is 0 Å². The van der Waals surface area contributed by atoms with Gasteiger partial charge in [-0.1, -0.05) is 32.0 Å². The fourth-order valence-electron chi connectivity index (χ4n) is 3.45. The third kappa shape index (κ3) is 4.12. The highest BCUT2D eigenvalue weighted by molar-refractivity contribution is 5.90. The van der Waals surface area contributed by atoms with Gasteiger partial charge in [0.2, 0.25) is 11.8 Å². The molecule has 2 heterocycles. The summed E-state index contributed by atoms with van der Waals surface area (Å²) in [6.45, 7) is 7.80. The smallest absolute Gasteiger partial charge is 0.243 e. The molecule has 1 unspecified atom stereocenters. The minimum atomic E-state index is -0.450. The maximum Gasteiger partial charge on any atom is 0.243 e. The predicted octanol–water partition coefficient (Wildman–Crippen LogP) is 1.10. The van der Waals surface area contributed by atoms with E-state index < -0.39 is 6.04 Å². The molecule has 6 nitrogen and oxygen atoms in total. The van der Waals surface area contributed by atoms with Crippen LogP contribution in [0.4, 0.5) is 5.69 Å². The van der Waals surface area contributed by atoms with Crippen molar-refractivity contribution in [3.63, 3.8) is 0 Å². The molecule has 2 aliphatic rings. The number of hydrogen-bond acceptors (Lipinski definition) is 4. The largest absolute Gasteiger partial charge is 0.378 e. The zero-order valence-corrected chi connectivity index (χ0v) is 15.0. The van der Waals surface area contributed by atoms with Gasteiger partial charge in [0.15, 0.2) is 0 Å². The molecule has 0 saturated carbocycles. The zero-order chi connectivity index (χ0) is 17.9. The van der Waals surface area contributed by atoms with E-state index in [9.17, 15) is 9.59 Å². The summed E-state index contributed by atoms with van der Waals surface area (Å²) >= 11 is 0. The second-order valence-corrected chi connectivity index (χ2v) is 7.44. The molecule has 0 spiro atoms. The number of morpholine rings is 1. The van der Waals surface area contributed by atoms with Crippen LogP contribution in [0, 0.1) is 5.41 Å². The maximum atomic E-state index is 12.4. The molecule has 1 aromatic carbocycles. The highest BCUT2D eigenvalue weighted by Gasteiger charge is 2.41. The monoisotopic (exact) mass is 345 g/mol. The first-order valence-corrected chi connectivity index (χ1v) is 8.95. The summed E-state index contributed by atoms with van der Waals surface area (Å²) < 4.78 is 5.42. The van der Waals surface area contributed by atoms with Crippen molar-refractivity contribution in [1.29, 1.82) is 0 Å². The molecule has 2 amide bonds. The van der Waals surface area contributed by atoms with Crippen LogP contribution in [-0.4, -0.2) is 50.7 Å². The predicted molar refractivity (Wildman–Crippen MR) is 96.5 cm³/mol. The van der Waals surface area contributed by atoms with Crippen molar-refractivity contribution >= 4 is 17.5 Å². The van der Waals surface area contributed by atoms with Crippen molar-refractivity contribution in [2.45, 2.75) is 32.7 Å². The van der Waals surface area contributed by atoms with E-state index in [-0.39, 0.29) is 17.2 Å². The molecule has 25 heavy (non-hydrogen) atoms. The molecule has 3 rings (SSSR count). The van der Waals surface area contributed by atoms with Crippen LogP contribution in [0.2, 0.25) is 0 Å². The summed E-state index contributed by atoms with van der Waals surface area (Å²) in [7, 11) is 0. The molecule has 2 saturated heterocycles. The highest BCUT2D eigenvalue weighted by Crippen LogP contribution is 2.25. The first-order valence-electron chi connectivity index (χ1n) is 8.95. The maximum absolute atomic E-state index is 12.4. The van der Waals surface area contributed by atoms with E-state index >= 15 is 0 Å². The van der Waals surface area contributed by atoms with Gasteiger partial charge < -0.3 is 20.3 Å². The van der Waals surface area contributed by atoms with Gasteiger partial charge in [-0.3, -0.25) is 9.59 Å². The quantitative estimate of drug-likeness (QED) is 0.838. The SMILES string of the molecule is CC1(C)CNC(=O)C1NC(=O)CCc1ccccc1N1CCOCC1. The van der Waals surface area contributed by atoms with Gasteiger partial charge >= 0.3 is 0 Å². The molecule has 0 aliphatic carbocycles. The number of ether oxygens (including phenoxy) is 1. The Hall–Kier alpha value is -2.08. The molecule has 1 aromatic rings. The van der Waals surface area contributed by atoms with Crippen LogP contribution in [0.5, 0.6) is 0 Å². The molecule has 2 fully saturated rings. The van der Waals surface area contributed by atoms with Crippen molar-refractivity contribution in [3.8, 4) is 0 Å². The van der Waals surface area contributed by atoms with Gasteiger partial charge in [-0.25, -0.2) is 0 Å². The first-order chi connectivity index (χ1) is 12.0. The third-order valence-corrected chi connectivity index (χ3v) is 5.03. The molecule has 2 aliphatic heterocycles. The third-order valence-electron chi connectivity index (χ3n) is 5.03. The molecular weight excluding hydrogens is 318 g/mol. The lowest BCUT2D eigenvalue weighted by Crippen LogP contribution is -2.46. The fraction of sp³-hybridized carbons (Fsp3) is 0.579. The van der Waals surface area contributed by atoms with Crippen molar-refractivity contribution in [2.24, 2.45) is 5.41 Å². The Bertz CT molecular complexity index is 639. The normalized spacial score (nSPS) is 22.6. The molecule has 6 heteroatoms. The number of rotatable bonds is 5. The van der Waals surface area contributed by atoms with E-state index in [1.54, 1.807) is 0 Å². The minimum Gasteiger partial charge on any atom is -0.378 e. The molecule has 0 aromatic heterocycles. The summed E-state index contributed by atoms with van der Waals surface area (Å²) in [5.74, 6) is -0.168. The Kier molecular flexibility index (Phi) is 5.27. The number of aryl methyl sites for hydroxylation is 1. The van der Waals surface area contributed by atoms with E-state index in [1.807, 2.05) is 26.0 Å². The Morgan fingerprint density at radius 2 is 2.04 bits per heavy atom. The van der Waals surface area contributed by atoms with Gasteiger partial charge in [0.25, 0.3) is 0 Å². The van der Waals surface area contributed by atoms with E-state index in [2.05, 4.69) is 27.7 Å². The summed E-state index contributed by atoms with van der Waals surface area (Å²) in [6, 6.07) is 7.76. The standard InChI is InChI=1S/C19H27N3O3/c1-19(2)13-20-18(24)17(19)21-16(23)8-7-14-5-3-4-6-15(14)22-9-11-25-12-10-22/h3-6,17H,7-13H2,1-2H3,(H,20,24)(H,21,23). The highest BCUT2D eigenvalue weighted by atomic mass is 16.5. The number of anilines is 1. The Balaban J connectivity index is 1.60. The lowest BCUT2D eigenvalue weighted by atomic mass is 9.87. The average molecular weight is 345 g/mol. The van der Waals surface area contributed by atoms with E-state index in [0.29, 0.717) is 19.4 Å². The van der Waals surface area contributed by atoms with Crippen LogP contribution >= 0.6 is 0 Å². The zero-order valence-electron chi connectivity index (χ0n) is 15.0. The Labute approximate surface area is 148 Å². The number of carbonyl (C=O) groups excluding carboxylic acids is 2. The van der Waals surface area contributed by atoms with Gasteiger partial charge in [0, 0.05) is 37.2 Å². The van der Waals surface area contributed by atoms with Gasteiger partial charge in [-0.05, 0) is 18.1 Å². The second kappa shape index (κ2) is 7.44. The molecular formula is C19H27N3O3. The number of amides is 2. The second-order valence-electron chi connectivity index (χ2n) is 7.44. The molecule has 2 N–H and O–H groups in total. The van der Waals surface area contributed by atoms with Crippen LogP contribution in [0.25, 0.3) is 0 Å². The van der Waals surface area contributed by atoms with Gasteiger partial charge in [0.05, 0.1) is 13.2 Å². The number of benzene rings is 1. The van der Waals surface area contributed by atoms with Crippen molar-refractivity contribution in [1.82, 2.24) is 10.6 Å². The van der Waals surface area contributed by atoms with E-state index in [0.717, 1.165) is 31.9 Å². The number of nitrogens with one attached hydrogen (secondary N) is 2. The number of hydrogen-bond donors (Lipinski definition) is 2. The number of carbonyl (C=O) groups is 2. The Morgan fingerprint density at radius 1 is 1.32 bits per heavy atom. The summed E-state index contributed by atoms with van der Waals surface area (Å²) in [4.78, 5) is 26.6. The van der Waals surface area contributed by atoms with E-state index in [4.69, 9.17) is 4.74 Å². The van der Waals surface area contributed by atoms with Crippen LogP contribution < -0.4 is 15.5 Å². The van der Waals surface area contributed by atoms with Crippen LogP contribution in [0.1, 0.15) is 25.8 Å². The van der Waals surface area contributed by atoms with E-state index in [1.165, 1.54) is 5.69 Å². The molecule has 1 atom stereocenters. The lowest BCUT2D eigenvalue weighted by Gasteiger charge is -2.30.